The second-order valence-electron chi connectivity index (χ2n) is 10.3. The highest BCUT2D eigenvalue weighted by atomic mass is 16.3. The standard InChI is InChI=1S/C25H33NO2/c1-15-11-20-22-19(24(2)8-6-18(27)12-17(24)13-21(22)28)7-9-25(20,3)23(15)16-5-4-10-26-14-16/h4-5,10,13-14,18-22,27-28H,6-9,11-12H2,1-3H3/t18?,19-,20-,21?,22+,24-,25-/m0/s1. The van der Waals surface area contributed by atoms with Crippen LogP contribution < -0.4 is 0 Å². The van der Waals surface area contributed by atoms with Crippen molar-refractivity contribution in [3.05, 3.63) is 47.3 Å². The maximum absolute atomic E-state index is 11.3. The number of hydrogen-bond donors (Lipinski definition) is 2. The normalized spacial score (nSPS) is 45.2. The Morgan fingerprint density at radius 1 is 1.04 bits per heavy atom. The van der Waals surface area contributed by atoms with Crippen LogP contribution >= 0.6 is 0 Å². The Bertz CT molecular complexity index is 843. The van der Waals surface area contributed by atoms with E-state index in [9.17, 15) is 10.2 Å². The van der Waals surface area contributed by atoms with Crippen LogP contribution in [0.4, 0.5) is 0 Å². The zero-order chi connectivity index (χ0) is 19.7. The lowest BCUT2D eigenvalue weighted by Crippen LogP contribution is -2.54. The molecule has 4 aliphatic rings. The Morgan fingerprint density at radius 2 is 1.82 bits per heavy atom. The highest BCUT2D eigenvalue weighted by Gasteiger charge is 2.59. The summed E-state index contributed by atoms with van der Waals surface area (Å²) in [5.41, 5.74) is 5.80. The van der Waals surface area contributed by atoms with Gasteiger partial charge in [-0.2, -0.15) is 0 Å². The first-order chi connectivity index (χ1) is 13.3. The summed E-state index contributed by atoms with van der Waals surface area (Å²) in [4.78, 5) is 4.38. The number of fused-ring (bicyclic) bond motifs is 5. The van der Waals surface area contributed by atoms with Gasteiger partial charge in [0.05, 0.1) is 12.2 Å². The molecule has 0 amide bonds. The maximum Gasteiger partial charge on any atom is 0.0757 e. The van der Waals surface area contributed by atoms with Gasteiger partial charge in [0.25, 0.3) is 0 Å². The van der Waals surface area contributed by atoms with E-state index in [2.05, 4.69) is 37.9 Å². The van der Waals surface area contributed by atoms with Crippen LogP contribution in [0.15, 0.2) is 41.7 Å². The van der Waals surface area contributed by atoms with E-state index >= 15 is 0 Å². The topological polar surface area (TPSA) is 53.4 Å². The smallest absolute Gasteiger partial charge is 0.0757 e. The third kappa shape index (κ3) is 2.45. The van der Waals surface area contributed by atoms with Gasteiger partial charge < -0.3 is 10.2 Å². The van der Waals surface area contributed by atoms with Crippen LogP contribution in [0.25, 0.3) is 5.57 Å². The van der Waals surface area contributed by atoms with Crippen molar-refractivity contribution < 1.29 is 10.2 Å². The second kappa shape index (κ2) is 6.27. The largest absolute Gasteiger partial charge is 0.393 e. The van der Waals surface area contributed by atoms with Crippen molar-refractivity contribution >= 4 is 5.57 Å². The third-order valence-electron chi connectivity index (χ3n) is 8.97. The molecule has 1 heterocycles. The average Bonchev–Trinajstić information content (AvgIpc) is 2.94. The molecule has 0 spiro atoms. The van der Waals surface area contributed by atoms with Crippen LogP contribution in [-0.2, 0) is 0 Å². The lowest BCUT2D eigenvalue weighted by Gasteiger charge is -2.58. The molecule has 7 atom stereocenters. The first-order valence-corrected chi connectivity index (χ1v) is 11.0. The molecule has 0 saturated heterocycles. The molecule has 2 fully saturated rings. The first-order valence-electron chi connectivity index (χ1n) is 11.0. The summed E-state index contributed by atoms with van der Waals surface area (Å²) in [6, 6.07) is 4.24. The summed E-state index contributed by atoms with van der Waals surface area (Å²) >= 11 is 0. The molecule has 2 unspecified atom stereocenters. The van der Waals surface area contributed by atoms with Crippen molar-refractivity contribution in [2.45, 2.75) is 71.5 Å². The van der Waals surface area contributed by atoms with Crippen LogP contribution in [0.3, 0.4) is 0 Å². The van der Waals surface area contributed by atoms with Gasteiger partial charge >= 0.3 is 0 Å². The quantitative estimate of drug-likeness (QED) is 0.692. The summed E-state index contributed by atoms with van der Waals surface area (Å²) in [5.74, 6) is 1.32. The minimum Gasteiger partial charge on any atom is -0.393 e. The molecule has 4 aliphatic carbocycles. The Kier molecular flexibility index (Phi) is 4.16. The van der Waals surface area contributed by atoms with Gasteiger partial charge in [0.2, 0.25) is 0 Å². The number of aromatic nitrogens is 1. The molecular formula is C25H33NO2. The summed E-state index contributed by atoms with van der Waals surface area (Å²) in [5, 5.41) is 21.5. The van der Waals surface area contributed by atoms with E-state index in [1.54, 1.807) is 0 Å². The molecule has 1 aromatic heterocycles. The van der Waals surface area contributed by atoms with Crippen LogP contribution in [0.1, 0.15) is 64.9 Å². The van der Waals surface area contributed by atoms with E-state index < -0.39 is 0 Å². The molecule has 150 valence electrons. The van der Waals surface area contributed by atoms with Gasteiger partial charge in [-0.15, -0.1) is 0 Å². The number of pyridine rings is 1. The predicted molar refractivity (Wildman–Crippen MR) is 111 cm³/mol. The first kappa shape index (κ1) is 18.6. The van der Waals surface area contributed by atoms with Crippen LogP contribution in [0, 0.1) is 28.6 Å². The summed E-state index contributed by atoms with van der Waals surface area (Å²) < 4.78 is 0. The van der Waals surface area contributed by atoms with E-state index in [1.165, 1.54) is 28.7 Å². The fourth-order valence-electron chi connectivity index (χ4n) is 7.65. The van der Waals surface area contributed by atoms with Gasteiger partial charge in [-0.05, 0) is 91.2 Å². The summed E-state index contributed by atoms with van der Waals surface area (Å²) in [6.45, 7) is 7.13. The van der Waals surface area contributed by atoms with Gasteiger partial charge in [0.1, 0.15) is 0 Å². The van der Waals surface area contributed by atoms with Gasteiger partial charge in [0.15, 0.2) is 0 Å². The molecule has 28 heavy (non-hydrogen) atoms. The third-order valence-corrected chi connectivity index (χ3v) is 8.97. The Hall–Kier alpha value is -1.45. The minimum atomic E-state index is -0.385. The lowest BCUT2D eigenvalue weighted by molar-refractivity contribution is -0.0733. The number of aliphatic hydroxyl groups excluding tert-OH is 2. The van der Waals surface area contributed by atoms with Crippen molar-refractivity contribution in [3.8, 4) is 0 Å². The van der Waals surface area contributed by atoms with Crippen molar-refractivity contribution in [1.29, 1.82) is 0 Å². The SMILES string of the molecule is CC1=C(c2cccnc2)[C@@]2(C)CC[C@H]3[C@@H](C(O)C=C4CC(O)CC[C@@]43C)[C@@H]2C1. The molecule has 3 heteroatoms. The number of hydrogen-bond acceptors (Lipinski definition) is 3. The highest BCUT2D eigenvalue weighted by molar-refractivity contribution is 5.75. The number of allylic oxidation sites excluding steroid dienone is 2. The van der Waals surface area contributed by atoms with E-state index in [0.29, 0.717) is 17.8 Å². The number of nitrogens with zero attached hydrogens (tertiary/aromatic N) is 1. The molecule has 5 rings (SSSR count). The lowest BCUT2D eigenvalue weighted by atomic mass is 9.46. The monoisotopic (exact) mass is 379 g/mol. The Labute approximate surface area is 168 Å². The molecule has 0 radical (unpaired) electrons. The van der Waals surface area contributed by atoms with Crippen LogP contribution in [-0.4, -0.2) is 27.4 Å². The minimum absolute atomic E-state index is 0.116. The summed E-state index contributed by atoms with van der Waals surface area (Å²) in [7, 11) is 0. The Balaban J connectivity index is 1.55. The Morgan fingerprint density at radius 3 is 2.57 bits per heavy atom. The fraction of sp³-hybridized carbons (Fsp3) is 0.640. The van der Waals surface area contributed by atoms with Crippen LogP contribution in [0.5, 0.6) is 0 Å². The molecule has 2 saturated carbocycles. The van der Waals surface area contributed by atoms with Gasteiger partial charge in [-0.1, -0.05) is 37.1 Å². The molecule has 0 aromatic carbocycles. The van der Waals surface area contributed by atoms with Gasteiger partial charge in [-0.25, -0.2) is 0 Å². The van der Waals surface area contributed by atoms with Crippen molar-refractivity contribution in [3.63, 3.8) is 0 Å². The fourth-order valence-corrected chi connectivity index (χ4v) is 7.65. The van der Waals surface area contributed by atoms with E-state index in [-0.39, 0.29) is 23.0 Å². The van der Waals surface area contributed by atoms with Crippen LogP contribution in [0.2, 0.25) is 0 Å². The van der Waals surface area contributed by atoms with Crippen molar-refractivity contribution in [1.82, 2.24) is 4.98 Å². The molecule has 0 aliphatic heterocycles. The van der Waals surface area contributed by atoms with E-state index in [4.69, 9.17) is 0 Å². The molecule has 2 N–H and O–H groups in total. The molecule has 0 bridgehead atoms. The average molecular weight is 380 g/mol. The van der Waals surface area contributed by atoms with Gasteiger partial charge in [-0.3, -0.25) is 4.98 Å². The van der Waals surface area contributed by atoms with Gasteiger partial charge in [0, 0.05) is 12.4 Å². The van der Waals surface area contributed by atoms with E-state index in [1.807, 2.05) is 18.5 Å². The number of aliphatic hydroxyl groups is 2. The zero-order valence-corrected chi connectivity index (χ0v) is 17.4. The molecule has 1 aromatic rings. The second-order valence-corrected chi connectivity index (χ2v) is 10.3. The maximum atomic E-state index is 11.3. The molecular weight excluding hydrogens is 346 g/mol. The zero-order valence-electron chi connectivity index (χ0n) is 17.4. The predicted octanol–water partition coefficient (Wildman–Crippen LogP) is 4.76. The van der Waals surface area contributed by atoms with E-state index in [0.717, 1.165) is 32.1 Å². The van der Waals surface area contributed by atoms with Crippen molar-refractivity contribution in [2.75, 3.05) is 0 Å². The van der Waals surface area contributed by atoms with Crippen molar-refractivity contribution in [2.24, 2.45) is 28.6 Å². The highest BCUT2D eigenvalue weighted by Crippen LogP contribution is 2.67. The molecule has 3 nitrogen and oxygen atoms in total. The number of rotatable bonds is 1. The summed E-state index contributed by atoms with van der Waals surface area (Å²) in [6.07, 6.45) is 11.5.